The molecule has 0 spiro atoms. The molecule has 1 amide bonds. The molecule has 7 heteroatoms. The molecule has 2 fully saturated rings. The lowest BCUT2D eigenvalue weighted by Gasteiger charge is -2.34. The fourth-order valence-electron chi connectivity index (χ4n) is 2.83. The summed E-state index contributed by atoms with van der Waals surface area (Å²) >= 11 is 1.44. The molecular weight excluding hydrogens is 274 g/mol. The highest BCUT2D eigenvalue weighted by Gasteiger charge is 2.25. The Balaban J connectivity index is 1.49. The van der Waals surface area contributed by atoms with Crippen molar-refractivity contribution >= 4 is 22.6 Å². The van der Waals surface area contributed by atoms with Gasteiger partial charge in [-0.2, -0.15) is 4.37 Å². The number of anilines is 1. The summed E-state index contributed by atoms with van der Waals surface area (Å²) in [6.45, 7) is 6.28. The Bertz CT molecular complexity index is 463. The number of piperazine rings is 1. The van der Waals surface area contributed by atoms with Crippen LogP contribution in [-0.2, 0) is 4.79 Å². The molecule has 110 valence electrons. The maximum atomic E-state index is 12.2. The predicted octanol–water partition coefficient (Wildman–Crippen LogP) is 0.637. The summed E-state index contributed by atoms with van der Waals surface area (Å²) in [5, 5.41) is 4.37. The van der Waals surface area contributed by atoms with Gasteiger partial charge in [-0.3, -0.25) is 4.79 Å². The van der Waals surface area contributed by atoms with E-state index in [2.05, 4.69) is 19.6 Å². The number of carbonyl (C=O) groups excluding carboxylic acids is 1. The van der Waals surface area contributed by atoms with E-state index in [0.29, 0.717) is 12.5 Å². The lowest BCUT2D eigenvalue weighted by atomic mass is 10.1. The van der Waals surface area contributed by atoms with Crippen molar-refractivity contribution in [2.45, 2.75) is 32.2 Å². The average molecular weight is 295 g/mol. The Kier molecular flexibility index (Phi) is 4.16. The van der Waals surface area contributed by atoms with Gasteiger partial charge in [0, 0.05) is 50.2 Å². The number of nitrogens with zero attached hydrogens (tertiary/aromatic N) is 4. The summed E-state index contributed by atoms with van der Waals surface area (Å²) in [6.07, 6.45) is 2.98. The molecule has 0 bridgehead atoms. The highest BCUT2D eigenvalue weighted by atomic mass is 32.1. The van der Waals surface area contributed by atoms with Crippen molar-refractivity contribution < 1.29 is 4.79 Å². The van der Waals surface area contributed by atoms with Gasteiger partial charge in [-0.15, -0.1) is 0 Å². The predicted molar refractivity (Wildman–Crippen MR) is 79.1 cm³/mol. The van der Waals surface area contributed by atoms with Crippen LogP contribution >= 0.6 is 11.5 Å². The van der Waals surface area contributed by atoms with E-state index in [1.165, 1.54) is 18.0 Å². The molecule has 3 rings (SSSR count). The van der Waals surface area contributed by atoms with Crippen molar-refractivity contribution in [1.29, 1.82) is 0 Å². The van der Waals surface area contributed by atoms with E-state index in [9.17, 15) is 4.79 Å². The summed E-state index contributed by atoms with van der Waals surface area (Å²) in [7, 11) is 0. The van der Waals surface area contributed by atoms with Gasteiger partial charge in [0.2, 0.25) is 11.0 Å². The molecule has 1 aromatic heterocycles. The van der Waals surface area contributed by atoms with Crippen LogP contribution in [0, 0.1) is 6.92 Å². The molecule has 0 radical (unpaired) electrons. The first-order valence-corrected chi connectivity index (χ1v) is 8.06. The van der Waals surface area contributed by atoms with Crippen LogP contribution in [0.2, 0.25) is 0 Å². The van der Waals surface area contributed by atoms with Gasteiger partial charge >= 0.3 is 0 Å². The number of aromatic nitrogens is 2. The third-order valence-corrected chi connectivity index (χ3v) is 4.87. The quantitative estimate of drug-likeness (QED) is 0.886. The van der Waals surface area contributed by atoms with E-state index < -0.39 is 0 Å². The van der Waals surface area contributed by atoms with Crippen LogP contribution in [-0.4, -0.2) is 58.9 Å². The second-order valence-electron chi connectivity index (χ2n) is 5.49. The fraction of sp³-hybridized carbons (Fsp3) is 0.769. The van der Waals surface area contributed by atoms with Crippen LogP contribution in [0.5, 0.6) is 0 Å². The molecule has 20 heavy (non-hydrogen) atoms. The topological polar surface area (TPSA) is 61.4 Å². The van der Waals surface area contributed by atoms with E-state index in [1.807, 2.05) is 11.8 Å². The first kappa shape index (κ1) is 13.8. The Hall–Kier alpha value is -1.21. The van der Waals surface area contributed by atoms with Crippen LogP contribution in [0.15, 0.2) is 0 Å². The summed E-state index contributed by atoms with van der Waals surface area (Å²) in [5.41, 5.74) is 0. The van der Waals surface area contributed by atoms with Gasteiger partial charge in [0.15, 0.2) is 0 Å². The van der Waals surface area contributed by atoms with Crippen molar-refractivity contribution in [1.82, 2.24) is 19.6 Å². The average Bonchev–Trinajstić information content (AvgIpc) is 3.10. The molecule has 0 aromatic carbocycles. The third kappa shape index (κ3) is 3.09. The van der Waals surface area contributed by atoms with Gasteiger partial charge in [-0.25, -0.2) is 4.98 Å². The number of amides is 1. The normalized spacial score (nSPS) is 23.4. The molecule has 1 atom stereocenters. The lowest BCUT2D eigenvalue weighted by molar-refractivity contribution is -0.131. The van der Waals surface area contributed by atoms with Crippen molar-refractivity contribution in [2.24, 2.45) is 0 Å². The summed E-state index contributed by atoms with van der Waals surface area (Å²) < 4.78 is 4.21. The van der Waals surface area contributed by atoms with Crippen molar-refractivity contribution in [3.8, 4) is 0 Å². The number of rotatable bonds is 3. The Morgan fingerprint density at radius 2 is 2.20 bits per heavy atom. The number of carbonyl (C=O) groups is 1. The van der Waals surface area contributed by atoms with E-state index in [4.69, 9.17) is 0 Å². The van der Waals surface area contributed by atoms with Crippen LogP contribution < -0.4 is 10.2 Å². The van der Waals surface area contributed by atoms with Gasteiger partial charge in [-0.05, 0) is 26.3 Å². The Morgan fingerprint density at radius 1 is 1.40 bits per heavy atom. The number of hydrogen-bond donors (Lipinski definition) is 1. The standard InChI is InChI=1S/C13H21N5OS/c1-10-15-13(20-16-10)18-7-5-17(6-8-18)12(19)9-11-3-2-4-14-11/h11,14H,2-9H2,1H3. The van der Waals surface area contributed by atoms with E-state index in [0.717, 1.165) is 50.1 Å². The molecule has 2 aliphatic heterocycles. The van der Waals surface area contributed by atoms with Gasteiger partial charge < -0.3 is 15.1 Å². The summed E-state index contributed by atoms with van der Waals surface area (Å²) in [4.78, 5) is 20.9. The minimum Gasteiger partial charge on any atom is -0.343 e. The van der Waals surface area contributed by atoms with Crippen molar-refractivity contribution in [3.05, 3.63) is 5.82 Å². The second-order valence-corrected chi connectivity index (χ2v) is 6.22. The van der Waals surface area contributed by atoms with Crippen LogP contribution in [0.25, 0.3) is 0 Å². The van der Waals surface area contributed by atoms with Gasteiger partial charge in [-0.1, -0.05) is 0 Å². The van der Waals surface area contributed by atoms with Gasteiger partial charge in [0.1, 0.15) is 5.82 Å². The largest absolute Gasteiger partial charge is 0.343 e. The second kappa shape index (κ2) is 6.05. The molecule has 1 unspecified atom stereocenters. The molecule has 1 aromatic rings. The van der Waals surface area contributed by atoms with E-state index >= 15 is 0 Å². The number of hydrogen-bond acceptors (Lipinski definition) is 6. The smallest absolute Gasteiger partial charge is 0.224 e. The highest BCUT2D eigenvalue weighted by molar-refractivity contribution is 7.09. The first-order chi connectivity index (χ1) is 9.72. The van der Waals surface area contributed by atoms with E-state index in [-0.39, 0.29) is 5.91 Å². The maximum absolute atomic E-state index is 12.2. The molecule has 0 saturated carbocycles. The SMILES string of the molecule is Cc1nsc(N2CCN(C(=O)CC3CCCN3)CC2)n1. The van der Waals surface area contributed by atoms with Crippen molar-refractivity contribution in [3.63, 3.8) is 0 Å². The third-order valence-electron chi connectivity index (χ3n) is 4.00. The van der Waals surface area contributed by atoms with Gasteiger partial charge in [0.05, 0.1) is 0 Å². The molecule has 0 aliphatic carbocycles. The summed E-state index contributed by atoms with van der Waals surface area (Å²) in [6, 6.07) is 0.395. The van der Waals surface area contributed by atoms with Gasteiger partial charge in [0.25, 0.3) is 0 Å². The minimum atomic E-state index is 0.289. The highest BCUT2D eigenvalue weighted by Crippen LogP contribution is 2.19. The monoisotopic (exact) mass is 295 g/mol. The molecule has 6 nitrogen and oxygen atoms in total. The van der Waals surface area contributed by atoms with Crippen molar-refractivity contribution in [2.75, 3.05) is 37.6 Å². The minimum absolute atomic E-state index is 0.289. The van der Waals surface area contributed by atoms with Crippen LogP contribution in [0.4, 0.5) is 5.13 Å². The fourth-order valence-corrected chi connectivity index (χ4v) is 3.56. The summed E-state index contributed by atoms with van der Waals surface area (Å²) in [5.74, 6) is 1.12. The lowest BCUT2D eigenvalue weighted by Crippen LogP contribution is -2.49. The number of nitrogens with one attached hydrogen (secondary N) is 1. The molecule has 1 N–H and O–H groups in total. The Labute approximate surface area is 123 Å². The molecule has 2 aliphatic rings. The van der Waals surface area contributed by atoms with Crippen LogP contribution in [0.3, 0.4) is 0 Å². The zero-order chi connectivity index (χ0) is 13.9. The molecule has 2 saturated heterocycles. The first-order valence-electron chi connectivity index (χ1n) is 7.29. The molecule has 3 heterocycles. The zero-order valence-corrected chi connectivity index (χ0v) is 12.7. The molecular formula is C13H21N5OS. The zero-order valence-electron chi connectivity index (χ0n) is 11.8. The van der Waals surface area contributed by atoms with E-state index in [1.54, 1.807) is 0 Å². The Morgan fingerprint density at radius 3 is 2.80 bits per heavy atom. The number of aryl methyl sites for hydroxylation is 1. The maximum Gasteiger partial charge on any atom is 0.224 e. The van der Waals surface area contributed by atoms with Crippen LogP contribution in [0.1, 0.15) is 25.1 Å².